The molecule has 1 aromatic heterocycles. The average molecular weight is 380 g/mol. The SMILES string of the molecule is Cc1ccccc1CC(=O)N1CC[C@@H]2[C@@H](COCCN2Cc2cccnc2)C1. The van der Waals surface area contributed by atoms with E-state index in [1.165, 1.54) is 11.1 Å². The number of benzene rings is 1. The summed E-state index contributed by atoms with van der Waals surface area (Å²) in [5, 5.41) is 0. The Labute approximate surface area is 167 Å². The monoisotopic (exact) mass is 379 g/mol. The molecule has 2 aliphatic rings. The Balaban J connectivity index is 1.41. The Bertz CT molecular complexity index is 795. The minimum Gasteiger partial charge on any atom is -0.380 e. The zero-order chi connectivity index (χ0) is 19.3. The molecule has 28 heavy (non-hydrogen) atoms. The molecular formula is C23H29N3O2. The van der Waals surface area contributed by atoms with E-state index in [1.54, 1.807) is 0 Å². The molecule has 0 aliphatic carbocycles. The van der Waals surface area contributed by atoms with Crippen molar-refractivity contribution in [2.24, 2.45) is 5.92 Å². The number of aryl methyl sites for hydroxylation is 1. The number of nitrogens with zero attached hydrogens (tertiary/aromatic N) is 3. The minimum atomic E-state index is 0.232. The molecule has 148 valence electrons. The van der Waals surface area contributed by atoms with Gasteiger partial charge in [0.05, 0.1) is 19.6 Å². The van der Waals surface area contributed by atoms with Crippen molar-refractivity contribution in [3.63, 3.8) is 0 Å². The van der Waals surface area contributed by atoms with E-state index < -0.39 is 0 Å². The lowest BCUT2D eigenvalue weighted by molar-refractivity contribution is -0.133. The molecule has 1 amide bonds. The van der Waals surface area contributed by atoms with E-state index in [-0.39, 0.29) is 5.91 Å². The summed E-state index contributed by atoms with van der Waals surface area (Å²) in [6, 6.07) is 12.8. The molecule has 0 saturated carbocycles. The molecule has 0 N–H and O–H groups in total. The molecule has 2 fully saturated rings. The first-order valence-corrected chi connectivity index (χ1v) is 10.2. The summed E-state index contributed by atoms with van der Waals surface area (Å²) in [5.74, 6) is 0.601. The number of amides is 1. The highest BCUT2D eigenvalue weighted by Crippen LogP contribution is 2.27. The number of carbonyl (C=O) groups is 1. The Hall–Kier alpha value is -2.24. The van der Waals surface area contributed by atoms with E-state index in [0.29, 0.717) is 18.4 Å². The molecule has 3 heterocycles. The number of carbonyl (C=O) groups excluding carboxylic acids is 1. The topological polar surface area (TPSA) is 45.7 Å². The lowest BCUT2D eigenvalue weighted by Gasteiger charge is -2.42. The van der Waals surface area contributed by atoms with Crippen LogP contribution in [0.1, 0.15) is 23.1 Å². The molecule has 0 radical (unpaired) electrons. The van der Waals surface area contributed by atoms with E-state index in [0.717, 1.165) is 51.4 Å². The fourth-order valence-corrected chi connectivity index (χ4v) is 4.48. The molecule has 0 spiro atoms. The van der Waals surface area contributed by atoms with Crippen LogP contribution in [-0.2, 0) is 22.5 Å². The van der Waals surface area contributed by atoms with Gasteiger partial charge in [0, 0.05) is 50.5 Å². The van der Waals surface area contributed by atoms with Crippen LogP contribution in [0.15, 0.2) is 48.8 Å². The van der Waals surface area contributed by atoms with Gasteiger partial charge in [-0.2, -0.15) is 0 Å². The van der Waals surface area contributed by atoms with E-state index in [9.17, 15) is 4.79 Å². The van der Waals surface area contributed by atoms with Crippen LogP contribution in [0.2, 0.25) is 0 Å². The second-order valence-corrected chi connectivity index (χ2v) is 7.97. The van der Waals surface area contributed by atoms with E-state index in [2.05, 4.69) is 35.0 Å². The summed E-state index contributed by atoms with van der Waals surface area (Å²) in [5.41, 5.74) is 3.55. The molecule has 5 nitrogen and oxygen atoms in total. The third kappa shape index (κ3) is 4.42. The van der Waals surface area contributed by atoms with E-state index in [1.807, 2.05) is 35.5 Å². The zero-order valence-electron chi connectivity index (χ0n) is 16.6. The Kier molecular flexibility index (Phi) is 6.03. The Morgan fingerprint density at radius 1 is 1.21 bits per heavy atom. The lowest BCUT2D eigenvalue weighted by atomic mass is 9.90. The molecule has 0 bridgehead atoms. The minimum absolute atomic E-state index is 0.232. The number of hydrogen-bond donors (Lipinski definition) is 0. The van der Waals surface area contributed by atoms with Crippen LogP contribution in [0.5, 0.6) is 0 Å². The number of piperidine rings is 1. The zero-order valence-corrected chi connectivity index (χ0v) is 16.6. The number of hydrogen-bond acceptors (Lipinski definition) is 4. The van der Waals surface area contributed by atoms with Crippen LogP contribution >= 0.6 is 0 Å². The smallest absolute Gasteiger partial charge is 0.227 e. The van der Waals surface area contributed by atoms with Crippen molar-refractivity contribution in [2.75, 3.05) is 32.8 Å². The van der Waals surface area contributed by atoms with Crippen molar-refractivity contribution < 1.29 is 9.53 Å². The van der Waals surface area contributed by atoms with Gasteiger partial charge in [0.15, 0.2) is 0 Å². The third-order valence-corrected chi connectivity index (χ3v) is 6.08. The first kappa shape index (κ1) is 19.1. The molecule has 4 rings (SSSR count). The molecule has 1 aromatic carbocycles. The molecule has 2 aliphatic heterocycles. The predicted octanol–water partition coefficient (Wildman–Crippen LogP) is 2.68. The highest BCUT2D eigenvalue weighted by Gasteiger charge is 2.36. The van der Waals surface area contributed by atoms with Crippen LogP contribution in [0.3, 0.4) is 0 Å². The largest absolute Gasteiger partial charge is 0.380 e. The van der Waals surface area contributed by atoms with Gasteiger partial charge in [-0.3, -0.25) is 14.7 Å². The fourth-order valence-electron chi connectivity index (χ4n) is 4.48. The number of fused-ring (bicyclic) bond motifs is 1. The van der Waals surface area contributed by atoms with Crippen LogP contribution in [-0.4, -0.2) is 59.6 Å². The third-order valence-electron chi connectivity index (χ3n) is 6.08. The predicted molar refractivity (Wildman–Crippen MR) is 109 cm³/mol. The summed E-state index contributed by atoms with van der Waals surface area (Å²) >= 11 is 0. The van der Waals surface area contributed by atoms with E-state index in [4.69, 9.17) is 4.74 Å². The van der Waals surface area contributed by atoms with Crippen molar-refractivity contribution in [3.8, 4) is 0 Å². The van der Waals surface area contributed by atoms with E-state index >= 15 is 0 Å². The van der Waals surface area contributed by atoms with Crippen molar-refractivity contribution in [3.05, 3.63) is 65.5 Å². The Morgan fingerprint density at radius 3 is 2.93 bits per heavy atom. The molecule has 2 saturated heterocycles. The average Bonchev–Trinajstić information content (AvgIpc) is 2.92. The normalized spacial score (nSPS) is 23.1. The maximum absolute atomic E-state index is 12.9. The van der Waals surface area contributed by atoms with Gasteiger partial charge < -0.3 is 9.64 Å². The summed E-state index contributed by atoms with van der Waals surface area (Å²) in [7, 11) is 0. The number of likely N-dealkylation sites (tertiary alicyclic amines) is 1. The van der Waals surface area contributed by atoms with Crippen molar-refractivity contribution in [1.29, 1.82) is 0 Å². The van der Waals surface area contributed by atoms with Gasteiger partial charge in [0.2, 0.25) is 5.91 Å². The summed E-state index contributed by atoms with van der Waals surface area (Å²) < 4.78 is 5.90. The van der Waals surface area contributed by atoms with Crippen LogP contribution in [0.25, 0.3) is 0 Å². The number of ether oxygens (including phenoxy) is 1. The van der Waals surface area contributed by atoms with Gasteiger partial charge in [-0.05, 0) is 36.1 Å². The van der Waals surface area contributed by atoms with Gasteiger partial charge in [0.1, 0.15) is 0 Å². The van der Waals surface area contributed by atoms with Crippen LogP contribution in [0, 0.1) is 12.8 Å². The van der Waals surface area contributed by atoms with Gasteiger partial charge in [-0.25, -0.2) is 0 Å². The maximum atomic E-state index is 12.9. The van der Waals surface area contributed by atoms with Gasteiger partial charge >= 0.3 is 0 Å². The van der Waals surface area contributed by atoms with Crippen molar-refractivity contribution >= 4 is 5.91 Å². The first-order chi connectivity index (χ1) is 13.7. The summed E-state index contributed by atoms with van der Waals surface area (Å²) in [4.78, 5) is 21.7. The second kappa shape index (κ2) is 8.84. The second-order valence-electron chi connectivity index (χ2n) is 7.97. The highest BCUT2D eigenvalue weighted by molar-refractivity contribution is 5.79. The molecule has 0 unspecified atom stereocenters. The first-order valence-electron chi connectivity index (χ1n) is 10.2. The standard InChI is InChI=1S/C23H29N3O2/c1-18-5-2-3-7-20(18)13-23(27)26-10-8-22-21(16-26)17-28-12-11-25(22)15-19-6-4-9-24-14-19/h2-7,9,14,21-22H,8,10-13,15-17H2,1H3/t21-,22-/m1/s1. The molecule has 2 aromatic rings. The van der Waals surface area contributed by atoms with Gasteiger partial charge in [-0.15, -0.1) is 0 Å². The van der Waals surface area contributed by atoms with Crippen LogP contribution in [0.4, 0.5) is 0 Å². The van der Waals surface area contributed by atoms with Crippen molar-refractivity contribution in [1.82, 2.24) is 14.8 Å². The van der Waals surface area contributed by atoms with Gasteiger partial charge in [0.25, 0.3) is 0 Å². The lowest BCUT2D eigenvalue weighted by Crippen LogP contribution is -2.53. The summed E-state index contributed by atoms with van der Waals surface area (Å²) in [6.45, 7) is 7.02. The Morgan fingerprint density at radius 2 is 2.11 bits per heavy atom. The van der Waals surface area contributed by atoms with Gasteiger partial charge in [-0.1, -0.05) is 30.3 Å². The highest BCUT2D eigenvalue weighted by atomic mass is 16.5. The quantitative estimate of drug-likeness (QED) is 0.819. The fraction of sp³-hybridized carbons (Fsp3) is 0.478. The molecule has 2 atom stereocenters. The maximum Gasteiger partial charge on any atom is 0.227 e. The van der Waals surface area contributed by atoms with Crippen LogP contribution < -0.4 is 0 Å². The number of pyridine rings is 1. The number of rotatable bonds is 4. The molecular weight excluding hydrogens is 350 g/mol. The van der Waals surface area contributed by atoms with Crippen molar-refractivity contribution in [2.45, 2.75) is 32.4 Å². The number of aromatic nitrogens is 1. The summed E-state index contributed by atoms with van der Waals surface area (Å²) in [6.07, 6.45) is 5.26. The molecule has 5 heteroatoms.